The molecule has 0 amide bonds. The molecule has 1 aliphatic rings. The fraction of sp³-hybridized carbons (Fsp3) is 0.480. The van der Waals surface area contributed by atoms with Crippen molar-refractivity contribution in [2.75, 3.05) is 36.8 Å². The van der Waals surface area contributed by atoms with E-state index < -0.39 is 6.23 Å². The van der Waals surface area contributed by atoms with Crippen LogP contribution in [0, 0.1) is 6.92 Å². The molecule has 1 saturated heterocycles. The van der Waals surface area contributed by atoms with Gasteiger partial charge in [-0.3, -0.25) is 19.9 Å². The van der Waals surface area contributed by atoms with E-state index in [1.165, 1.54) is 0 Å². The van der Waals surface area contributed by atoms with Gasteiger partial charge < -0.3 is 20.5 Å². The number of morpholine rings is 1. The number of aromatic nitrogens is 7. The van der Waals surface area contributed by atoms with Crippen molar-refractivity contribution in [2.45, 2.75) is 39.2 Å². The SMILES string of the molecule is Cc1ncc(C(O)NCCN2C[C@@H](C)O[C@@H](C)C2)cc1Nc1nn(C)c2nc(Nc3cnn(C)c3)ncc12. The lowest BCUT2D eigenvalue weighted by molar-refractivity contribution is -0.0680. The highest BCUT2D eigenvalue weighted by molar-refractivity contribution is 5.89. The minimum Gasteiger partial charge on any atom is -0.374 e. The lowest BCUT2D eigenvalue weighted by atomic mass is 10.2. The summed E-state index contributed by atoms with van der Waals surface area (Å²) in [5.41, 5.74) is 3.67. The molecule has 13 nitrogen and oxygen atoms in total. The molecule has 0 radical (unpaired) electrons. The van der Waals surface area contributed by atoms with E-state index in [9.17, 15) is 5.11 Å². The maximum atomic E-state index is 10.8. The van der Waals surface area contributed by atoms with Crippen molar-refractivity contribution >= 4 is 34.2 Å². The number of hydrogen-bond donors (Lipinski definition) is 4. The highest BCUT2D eigenvalue weighted by atomic mass is 16.5. The third-order valence-electron chi connectivity index (χ3n) is 6.48. The minimum absolute atomic E-state index is 0.218. The number of pyridine rings is 1. The average molecular weight is 522 g/mol. The van der Waals surface area contributed by atoms with Crippen LogP contribution in [0.4, 0.5) is 23.1 Å². The summed E-state index contributed by atoms with van der Waals surface area (Å²) in [5, 5.41) is 30.0. The topological polar surface area (TPSA) is 143 Å². The van der Waals surface area contributed by atoms with E-state index >= 15 is 0 Å². The van der Waals surface area contributed by atoms with Gasteiger partial charge in [0, 0.05) is 64.4 Å². The number of ether oxygens (including phenoxy) is 1. The van der Waals surface area contributed by atoms with Crippen molar-refractivity contribution in [3.8, 4) is 0 Å². The summed E-state index contributed by atoms with van der Waals surface area (Å²) >= 11 is 0. The van der Waals surface area contributed by atoms with Crippen molar-refractivity contribution in [1.29, 1.82) is 0 Å². The van der Waals surface area contributed by atoms with Crippen molar-refractivity contribution in [3.63, 3.8) is 0 Å². The second-order valence-corrected chi connectivity index (χ2v) is 9.83. The molecule has 4 aromatic rings. The van der Waals surface area contributed by atoms with Crippen LogP contribution in [0.1, 0.15) is 31.3 Å². The molecule has 0 spiro atoms. The fourth-order valence-electron chi connectivity index (χ4n) is 4.70. The number of aliphatic hydroxyl groups excluding tert-OH is 1. The monoisotopic (exact) mass is 521 g/mol. The van der Waals surface area contributed by atoms with Crippen molar-refractivity contribution in [3.05, 3.63) is 42.1 Å². The van der Waals surface area contributed by atoms with Gasteiger partial charge in [-0.1, -0.05) is 0 Å². The van der Waals surface area contributed by atoms with E-state index in [2.05, 4.69) is 59.8 Å². The van der Waals surface area contributed by atoms with Crippen LogP contribution in [0.2, 0.25) is 0 Å². The average Bonchev–Trinajstić information content (AvgIpc) is 3.41. The number of anilines is 4. The number of nitrogens with zero attached hydrogens (tertiary/aromatic N) is 8. The minimum atomic E-state index is -0.843. The van der Waals surface area contributed by atoms with Gasteiger partial charge >= 0.3 is 0 Å². The Bertz CT molecular complexity index is 1390. The molecule has 0 aliphatic carbocycles. The second kappa shape index (κ2) is 11.0. The lowest BCUT2D eigenvalue weighted by Crippen LogP contribution is -2.47. The van der Waals surface area contributed by atoms with E-state index in [0.717, 1.165) is 42.1 Å². The summed E-state index contributed by atoms with van der Waals surface area (Å²) in [6.45, 7) is 9.35. The Morgan fingerprint density at radius 2 is 1.89 bits per heavy atom. The summed E-state index contributed by atoms with van der Waals surface area (Å²) < 4.78 is 9.20. The Balaban J connectivity index is 1.26. The zero-order valence-electron chi connectivity index (χ0n) is 22.4. The van der Waals surface area contributed by atoms with Gasteiger partial charge in [0.15, 0.2) is 11.5 Å². The van der Waals surface area contributed by atoms with Crippen LogP contribution in [0.5, 0.6) is 0 Å². The van der Waals surface area contributed by atoms with Crippen LogP contribution in [0.25, 0.3) is 11.0 Å². The van der Waals surface area contributed by atoms with Gasteiger partial charge in [0.25, 0.3) is 0 Å². The Morgan fingerprint density at radius 3 is 2.63 bits per heavy atom. The number of aryl methyl sites for hydroxylation is 3. The predicted octanol–water partition coefficient (Wildman–Crippen LogP) is 1.98. The van der Waals surface area contributed by atoms with E-state index in [-0.39, 0.29) is 12.2 Å². The number of fused-ring (bicyclic) bond motifs is 1. The molecule has 4 aromatic heterocycles. The van der Waals surface area contributed by atoms with Gasteiger partial charge in [0.05, 0.1) is 40.9 Å². The molecule has 0 bridgehead atoms. The van der Waals surface area contributed by atoms with Crippen molar-refractivity contribution in [1.82, 2.24) is 44.7 Å². The van der Waals surface area contributed by atoms with Crippen LogP contribution in [-0.4, -0.2) is 82.9 Å². The smallest absolute Gasteiger partial charge is 0.229 e. The molecular formula is C25H35N11O2. The van der Waals surface area contributed by atoms with Crippen LogP contribution >= 0.6 is 0 Å². The molecule has 4 N–H and O–H groups in total. The molecule has 38 heavy (non-hydrogen) atoms. The molecule has 5 heterocycles. The first-order chi connectivity index (χ1) is 18.2. The molecule has 0 saturated carbocycles. The summed E-state index contributed by atoms with van der Waals surface area (Å²) in [7, 11) is 3.68. The highest BCUT2D eigenvalue weighted by Crippen LogP contribution is 2.27. The van der Waals surface area contributed by atoms with E-state index in [1.54, 1.807) is 28.0 Å². The van der Waals surface area contributed by atoms with Crippen LogP contribution < -0.4 is 16.0 Å². The summed E-state index contributed by atoms with van der Waals surface area (Å²) in [5.74, 6) is 1.06. The van der Waals surface area contributed by atoms with Gasteiger partial charge in [-0.25, -0.2) is 9.67 Å². The summed E-state index contributed by atoms with van der Waals surface area (Å²) in [6, 6.07) is 1.89. The zero-order valence-corrected chi connectivity index (χ0v) is 22.4. The van der Waals surface area contributed by atoms with Gasteiger partial charge in [-0.2, -0.15) is 15.2 Å². The molecule has 1 fully saturated rings. The van der Waals surface area contributed by atoms with Crippen molar-refractivity contribution < 1.29 is 9.84 Å². The zero-order chi connectivity index (χ0) is 26.8. The normalized spacial score (nSPS) is 19.1. The lowest BCUT2D eigenvalue weighted by Gasteiger charge is -2.35. The molecular weight excluding hydrogens is 486 g/mol. The number of hydrogen-bond acceptors (Lipinski definition) is 11. The molecule has 13 heteroatoms. The molecule has 202 valence electrons. The van der Waals surface area contributed by atoms with Crippen LogP contribution in [0.15, 0.2) is 30.9 Å². The van der Waals surface area contributed by atoms with Crippen LogP contribution in [-0.2, 0) is 18.8 Å². The van der Waals surface area contributed by atoms with E-state index in [4.69, 9.17) is 4.74 Å². The molecule has 1 unspecified atom stereocenters. The first-order valence-corrected chi connectivity index (χ1v) is 12.7. The molecule has 1 aliphatic heterocycles. The largest absolute Gasteiger partial charge is 0.374 e. The van der Waals surface area contributed by atoms with Gasteiger partial charge in [0.1, 0.15) is 6.23 Å². The second-order valence-electron chi connectivity index (χ2n) is 9.83. The highest BCUT2D eigenvalue weighted by Gasteiger charge is 2.22. The Hall–Kier alpha value is -3.65. The van der Waals surface area contributed by atoms with Gasteiger partial charge in [-0.05, 0) is 26.8 Å². The molecule has 3 atom stereocenters. The van der Waals surface area contributed by atoms with Gasteiger partial charge in [-0.15, -0.1) is 0 Å². The van der Waals surface area contributed by atoms with E-state index in [0.29, 0.717) is 29.5 Å². The standard InChI is InChI=1S/C25H35N11O2/c1-15-12-36(13-16(2)38-15)7-6-26-24(37)18-8-21(17(3)27-9-18)31-22-20-11-28-25(32-23(20)35(5)33-22)30-19-10-29-34(4)14-19/h8-11,14-16,24,26,37H,6-7,12-13H2,1-5H3,(H,31,33)(H,28,30,32)/t15-,16+,24?. The van der Waals surface area contributed by atoms with Crippen LogP contribution in [0.3, 0.4) is 0 Å². The third kappa shape index (κ3) is 5.91. The third-order valence-corrected chi connectivity index (χ3v) is 6.48. The number of aliphatic hydroxyl groups is 1. The predicted molar refractivity (Wildman–Crippen MR) is 144 cm³/mol. The Labute approximate surface area is 221 Å². The first kappa shape index (κ1) is 26.0. The molecule has 0 aromatic carbocycles. The van der Waals surface area contributed by atoms with E-state index in [1.807, 2.05) is 33.3 Å². The Morgan fingerprint density at radius 1 is 1.11 bits per heavy atom. The van der Waals surface area contributed by atoms with Gasteiger partial charge in [0.2, 0.25) is 5.95 Å². The number of rotatable bonds is 9. The maximum absolute atomic E-state index is 10.8. The molecule has 5 rings (SSSR count). The van der Waals surface area contributed by atoms with Crippen molar-refractivity contribution in [2.24, 2.45) is 14.1 Å². The first-order valence-electron chi connectivity index (χ1n) is 12.7. The number of nitrogens with one attached hydrogen (secondary N) is 3. The summed E-state index contributed by atoms with van der Waals surface area (Å²) in [6.07, 6.45) is 6.56. The maximum Gasteiger partial charge on any atom is 0.229 e. The quantitative estimate of drug-likeness (QED) is 0.240. The summed E-state index contributed by atoms with van der Waals surface area (Å²) in [4.78, 5) is 15.9. The Kier molecular flexibility index (Phi) is 7.51. The fourth-order valence-corrected chi connectivity index (χ4v) is 4.70.